The van der Waals surface area contributed by atoms with Crippen molar-refractivity contribution in [2.75, 3.05) is 6.54 Å². The first-order chi connectivity index (χ1) is 2.77. The molecule has 0 aliphatic rings. The predicted molar refractivity (Wildman–Crippen MR) is 31.9 cm³/mol. The molecule has 0 amide bonds. The van der Waals surface area contributed by atoms with E-state index in [1.165, 1.54) is 0 Å². The highest BCUT2D eigenvalue weighted by molar-refractivity contribution is 5.85. The Morgan fingerprint density at radius 2 is 2.00 bits per heavy atom. The molecule has 0 aromatic rings. The van der Waals surface area contributed by atoms with Crippen LogP contribution in [0.1, 0.15) is 13.8 Å². The van der Waals surface area contributed by atoms with Crippen molar-refractivity contribution in [1.29, 1.82) is 0 Å². The summed E-state index contributed by atoms with van der Waals surface area (Å²) >= 11 is 0. The van der Waals surface area contributed by atoms with Gasteiger partial charge in [-0.2, -0.15) is 0 Å². The Bertz CT molecular complexity index is 32.9. The van der Waals surface area contributed by atoms with Gasteiger partial charge in [0.25, 0.3) is 0 Å². The van der Waals surface area contributed by atoms with Crippen molar-refractivity contribution in [2.24, 2.45) is 5.92 Å². The van der Waals surface area contributed by atoms with Gasteiger partial charge in [-0.05, 0) is 5.92 Å². The molecule has 7 heavy (non-hydrogen) atoms. The summed E-state index contributed by atoms with van der Waals surface area (Å²) in [6, 6.07) is 0. The second kappa shape index (κ2) is 6.21. The molecule has 46 valence electrons. The van der Waals surface area contributed by atoms with Crippen molar-refractivity contribution in [2.45, 2.75) is 13.8 Å². The van der Waals surface area contributed by atoms with Crippen LogP contribution in [0.3, 0.4) is 0 Å². The lowest BCUT2D eigenvalue weighted by molar-refractivity contribution is 0.154. The van der Waals surface area contributed by atoms with Crippen LogP contribution >= 0.6 is 12.4 Å². The minimum atomic E-state index is 0. The van der Waals surface area contributed by atoms with Crippen molar-refractivity contribution >= 4 is 12.4 Å². The molecule has 2 nitrogen and oxygen atoms in total. The molecule has 2 N–H and O–H groups in total. The van der Waals surface area contributed by atoms with Crippen LogP contribution in [0.2, 0.25) is 0 Å². The highest BCUT2D eigenvalue weighted by Crippen LogP contribution is 1.83. The van der Waals surface area contributed by atoms with Gasteiger partial charge in [0.05, 0.1) is 0 Å². The Hall–Kier alpha value is 0.210. The molecule has 3 heteroatoms. The number of hydrogen-bond donors (Lipinski definition) is 2. The van der Waals surface area contributed by atoms with Crippen LogP contribution in [0.25, 0.3) is 0 Å². The third-order valence-electron chi connectivity index (χ3n) is 0.500. The second-order valence-electron chi connectivity index (χ2n) is 1.76. The summed E-state index contributed by atoms with van der Waals surface area (Å²) in [5.41, 5.74) is 2.07. The van der Waals surface area contributed by atoms with E-state index < -0.39 is 0 Å². The number of halogens is 1. The van der Waals surface area contributed by atoms with Crippen LogP contribution < -0.4 is 5.48 Å². The van der Waals surface area contributed by atoms with Gasteiger partial charge in [-0.1, -0.05) is 13.8 Å². The zero-order valence-corrected chi connectivity index (χ0v) is 5.46. The normalized spacial score (nSPS) is 8.57. The molecule has 0 atom stereocenters. The summed E-state index contributed by atoms with van der Waals surface area (Å²) in [6.07, 6.45) is 0. The van der Waals surface area contributed by atoms with Crippen molar-refractivity contribution in [1.82, 2.24) is 5.48 Å². The molecular formula is C4H12ClNO. The second-order valence-corrected chi connectivity index (χ2v) is 1.76. The Kier molecular flexibility index (Phi) is 9.09. The van der Waals surface area contributed by atoms with Gasteiger partial charge in [0.1, 0.15) is 0 Å². The summed E-state index contributed by atoms with van der Waals surface area (Å²) in [7, 11) is 0. The summed E-state index contributed by atoms with van der Waals surface area (Å²) in [5.74, 6) is 0.537. The first-order valence-electron chi connectivity index (χ1n) is 2.14. The standard InChI is InChI=1S/C4H11NO.ClH/c1-4(2)3-5-6;/h4-6H,3H2,1-2H3;1H. The van der Waals surface area contributed by atoms with E-state index >= 15 is 0 Å². The lowest BCUT2D eigenvalue weighted by Gasteiger charge is -1.97. The predicted octanol–water partition coefficient (Wildman–Crippen LogP) is 1.04. The molecule has 0 heterocycles. The lowest BCUT2D eigenvalue weighted by atomic mass is 10.2. The minimum absolute atomic E-state index is 0. The Labute approximate surface area is 50.3 Å². The van der Waals surface area contributed by atoms with E-state index in [1.807, 2.05) is 13.8 Å². The van der Waals surface area contributed by atoms with E-state index in [-0.39, 0.29) is 12.4 Å². The third kappa shape index (κ3) is 10.7. The maximum absolute atomic E-state index is 7.99. The number of hydrogen-bond acceptors (Lipinski definition) is 2. The van der Waals surface area contributed by atoms with Crippen LogP contribution in [0.4, 0.5) is 0 Å². The Morgan fingerprint density at radius 3 is 2.00 bits per heavy atom. The van der Waals surface area contributed by atoms with Crippen LogP contribution in [0.15, 0.2) is 0 Å². The molecule has 0 aliphatic carbocycles. The Balaban J connectivity index is 0. The first-order valence-corrected chi connectivity index (χ1v) is 2.14. The van der Waals surface area contributed by atoms with Crippen LogP contribution in [-0.4, -0.2) is 11.8 Å². The highest BCUT2D eigenvalue weighted by atomic mass is 35.5. The van der Waals surface area contributed by atoms with Crippen molar-refractivity contribution in [3.63, 3.8) is 0 Å². The van der Waals surface area contributed by atoms with Crippen LogP contribution in [-0.2, 0) is 0 Å². The highest BCUT2D eigenvalue weighted by Gasteiger charge is 1.85. The van der Waals surface area contributed by atoms with Crippen LogP contribution in [0.5, 0.6) is 0 Å². The summed E-state index contributed by atoms with van der Waals surface area (Å²) < 4.78 is 0. The maximum atomic E-state index is 7.99. The molecule has 0 aromatic heterocycles. The zero-order valence-electron chi connectivity index (χ0n) is 4.64. The smallest absolute Gasteiger partial charge is 0.0230 e. The number of hydroxylamine groups is 1. The van der Waals surface area contributed by atoms with Gasteiger partial charge in [-0.3, -0.25) is 0 Å². The molecule has 0 bridgehead atoms. The fraction of sp³-hybridized carbons (Fsp3) is 1.00. The topological polar surface area (TPSA) is 32.3 Å². The first kappa shape index (κ1) is 10.2. The molecular weight excluding hydrogens is 114 g/mol. The largest absolute Gasteiger partial charge is 0.317 e. The molecule has 0 saturated carbocycles. The third-order valence-corrected chi connectivity index (χ3v) is 0.500. The molecule has 0 spiro atoms. The van der Waals surface area contributed by atoms with Gasteiger partial charge in [-0.25, -0.2) is 5.48 Å². The van der Waals surface area contributed by atoms with Gasteiger partial charge in [-0.15, -0.1) is 12.4 Å². The number of rotatable bonds is 2. The fourth-order valence-electron chi connectivity index (χ4n) is 0.183. The van der Waals surface area contributed by atoms with Crippen molar-refractivity contribution in [3.8, 4) is 0 Å². The van der Waals surface area contributed by atoms with E-state index in [2.05, 4.69) is 5.48 Å². The maximum Gasteiger partial charge on any atom is 0.0230 e. The number of nitrogens with one attached hydrogen (secondary N) is 1. The summed E-state index contributed by atoms with van der Waals surface area (Å²) in [5, 5.41) is 7.99. The molecule has 0 saturated heterocycles. The van der Waals surface area contributed by atoms with Crippen LogP contribution in [0, 0.1) is 5.92 Å². The van der Waals surface area contributed by atoms with Crippen molar-refractivity contribution in [3.05, 3.63) is 0 Å². The monoisotopic (exact) mass is 125 g/mol. The van der Waals surface area contributed by atoms with Crippen molar-refractivity contribution < 1.29 is 5.21 Å². The van der Waals surface area contributed by atoms with Gasteiger partial charge in [0.2, 0.25) is 0 Å². The van der Waals surface area contributed by atoms with Gasteiger partial charge >= 0.3 is 0 Å². The fourth-order valence-corrected chi connectivity index (χ4v) is 0.183. The minimum Gasteiger partial charge on any atom is -0.317 e. The van der Waals surface area contributed by atoms with E-state index in [9.17, 15) is 0 Å². The molecule has 0 rings (SSSR count). The SMILES string of the molecule is CC(C)CNO.Cl. The van der Waals surface area contributed by atoms with E-state index in [0.717, 1.165) is 0 Å². The summed E-state index contributed by atoms with van der Waals surface area (Å²) in [6.45, 7) is 4.74. The van der Waals surface area contributed by atoms with Gasteiger partial charge in [0.15, 0.2) is 0 Å². The zero-order chi connectivity index (χ0) is 4.99. The quantitative estimate of drug-likeness (QED) is 0.541. The molecule has 0 unspecified atom stereocenters. The molecule has 0 fully saturated rings. The van der Waals surface area contributed by atoms with E-state index in [1.54, 1.807) is 0 Å². The average Bonchev–Trinajstić information content (AvgIpc) is 1.35. The Morgan fingerprint density at radius 1 is 1.57 bits per heavy atom. The summed E-state index contributed by atoms with van der Waals surface area (Å²) in [4.78, 5) is 0. The van der Waals surface area contributed by atoms with E-state index in [4.69, 9.17) is 5.21 Å². The molecule has 0 aromatic carbocycles. The molecule has 0 radical (unpaired) electrons. The lowest BCUT2D eigenvalue weighted by Crippen LogP contribution is -2.13. The average molecular weight is 126 g/mol. The molecule has 0 aliphatic heterocycles. The van der Waals surface area contributed by atoms with E-state index in [0.29, 0.717) is 12.5 Å². The van der Waals surface area contributed by atoms with Gasteiger partial charge in [0, 0.05) is 6.54 Å². The van der Waals surface area contributed by atoms with Gasteiger partial charge < -0.3 is 5.21 Å².